The number of phenolic OH excluding ortho intramolecular Hbond substituents is 2. The third-order valence-electron chi connectivity index (χ3n) is 5.88. The van der Waals surface area contributed by atoms with Crippen LogP contribution in [-0.2, 0) is 15.6 Å². The molecule has 1 aliphatic rings. The smallest absolute Gasteiger partial charge is 0.248 e. The molecule has 0 saturated carbocycles. The average Bonchev–Trinajstić information content (AvgIpc) is 2.61. The minimum absolute atomic E-state index is 0.0808. The van der Waals surface area contributed by atoms with Crippen molar-refractivity contribution in [2.75, 3.05) is 5.32 Å². The van der Waals surface area contributed by atoms with E-state index in [1.807, 2.05) is 6.92 Å². The van der Waals surface area contributed by atoms with Crippen LogP contribution in [-0.4, -0.2) is 16.1 Å². The van der Waals surface area contributed by atoms with E-state index in [-0.39, 0.29) is 28.2 Å². The number of phenols is 2. The number of hydrogen-bond donors (Lipinski definition) is 3. The Labute approximate surface area is 166 Å². The number of hydrogen-bond acceptors (Lipinski definition) is 3. The molecular formula is C24H29NO3. The summed E-state index contributed by atoms with van der Waals surface area (Å²) in [4.78, 5) is 12.4. The Balaban J connectivity index is 1.85. The molecule has 1 amide bonds. The van der Waals surface area contributed by atoms with E-state index in [4.69, 9.17) is 0 Å². The molecule has 148 valence electrons. The molecule has 0 atom stereocenters. The van der Waals surface area contributed by atoms with E-state index in [0.717, 1.165) is 24.1 Å². The maximum absolute atomic E-state index is 12.4. The molecule has 0 aromatic heterocycles. The normalized spacial score (nSPS) is 17.3. The SMILES string of the molecule is Cc1cc2c(cc1NC(=O)/C=C/c1ccc(O)c(O)c1)C(C)(C)CCC2(C)C. The van der Waals surface area contributed by atoms with Gasteiger partial charge in [-0.25, -0.2) is 0 Å². The van der Waals surface area contributed by atoms with Crippen LogP contribution in [0.25, 0.3) is 6.08 Å². The molecule has 3 N–H and O–H groups in total. The van der Waals surface area contributed by atoms with Gasteiger partial charge in [-0.1, -0.05) is 39.8 Å². The van der Waals surface area contributed by atoms with E-state index in [2.05, 4.69) is 45.1 Å². The summed E-state index contributed by atoms with van der Waals surface area (Å²) in [5.74, 6) is -0.627. The number of benzene rings is 2. The molecule has 1 aliphatic carbocycles. The predicted octanol–water partition coefficient (Wildman–Crippen LogP) is 5.41. The van der Waals surface area contributed by atoms with E-state index < -0.39 is 0 Å². The molecule has 0 radical (unpaired) electrons. The molecule has 0 unspecified atom stereocenters. The molecule has 0 spiro atoms. The van der Waals surface area contributed by atoms with Crippen molar-refractivity contribution in [1.29, 1.82) is 0 Å². The third kappa shape index (κ3) is 3.91. The van der Waals surface area contributed by atoms with Gasteiger partial charge in [0.15, 0.2) is 11.5 Å². The minimum atomic E-state index is -0.233. The van der Waals surface area contributed by atoms with Gasteiger partial charge in [-0.2, -0.15) is 0 Å². The summed E-state index contributed by atoms with van der Waals surface area (Å²) in [7, 11) is 0. The van der Waals surface area contributed by atoms with Crippen LogP contribution in [0.1, 0.15) is 62.8 Å². The predicted molar refractivity (Wildman–Crippen MR) is 114 cm³/mol. The zero-order valence-corrected chi connectivity index (χ0v) is 17.3. The largest absolute Gasteiger partial charge is 0.504 e. The van der Waals surface area contributed by atoms with E-state index in [9.17, 15) is 15.0 Å². The van der Waals surface area contributed by atoms with Gasteiger partial charge in [0.05, 0.1) is 0 Å². The summed E-state index contributed by atoms with van der Waals surface area (Å²) in [6.07, 6.45) is 5.31. The lowest BCUT2D eigenvalue weighted by molar-refractivity contribution is -0.111. The van der Waals surface area contributed by atoms with Gasteiger partial charge in [-0.15, -0.1) is 0 Å². The van der Waals surface area contributed by atoms with Crippen molar-refractivity contribution in [2.24, 2.45) is 0 Å². The average molecular weight is 380 g/mol. The number of aromatic hydroxyl groups is 2. The minimum Gasteiger partial charge on any atom is -0.504 e. The molecule has 0 heterocycles. The Morgan fingerprint density at radius 1 is 0.964 bits per heavy atom. The standard InChI is InChI=1S/C24H29NO3/c1-15-12-17-18(24(4,5)11-10-23(17,2)3)14-19(15)25-22(28)9-7-16-6-8-20(26)21(27)13-16/h6-9,12-14,26-27H,10-11H2,1-5H3,(H,25,28)/b9-7+. The number of amides is 1. The van der Waals surface area contributed by atoms with Crippen LogP contribution in [0.15, 0.2) is 36.4 Å². The monoisotopic (exact) mass is 379 g/mol. The van der Waals surface area contributed by atoms with Gasteiger partial charge < -0.3 is 15.5 Å². The molecule has 0 saturated heterocycles. The number of anilines is 1. The molecule has 2 aromatic rings. The van der Waals surface area contributed by atoms with Crippen molar-refractivity contribution in [1.82, 2.24) is 0 Å². The van der Waals surface area contributed by atoms with Gasteiger partial charge in [0.2, 0.25) is 5.91 Å². The van der Waals surface area contributed by atoms with Crippen LogP contribution in [0.4, 0.5) is 5.69 Å². The summed E-state index contributed by atoms with van der Waals surface area (Å²) in [6, 6.07) is 8.78. The topological polar surface area (TPSA) is 69.6 Å². The fraction of sp³-hybridized carbons (Fsp3) is 0.375. The summed E-state index contributed by atoms with van der Waals surface area (Å²) in [5.41, 5.74) is 5.40. The zero-order chi connectivity index (χ0) is 20.7. The van der Waals surface area contributed by atoms with Crippen molar-refractivity contribution in [3.05, 3.63) is 58.7 Å². The first-order valence-electron chi connectivity index (χ1n) is 9.66. The molecule has 4 nitrogen and oxygen atoms in total. The second kappa shape index (κ2) is 7.01. The Morgan fingerprint density at radius 3 is 2.18 bits per heavy atom. The first-order valence-corrected chi connectivity index (χ1v) is 9.66. The van der Waals surface area contributed by atoms with Gasteiger partial charge in [-0.3, -0.25) is 4.79 Å². The molecule has 3 rings (SSSR count). The summed E-state index contributed by atoms with van der Waals surface area (Å²) < 4.78 is 0. The van der Waals surface area contributed by atoms with Crippen LogP contribution in [0.5, 0.6) is 11.5 Å². The van der Waals surface area contributed by atoms with Gasteiger partial charge >= 0.3 is 0 Å². The van der Waals surface area contributed by atoms with E-state index in [1.54, 1.807) is 12.1 Å². The molecule has 28 heavy (non-hydrogen) atoms. The fourth-order valence-electron chi connectivity index (χ4n) is 3.85. The second-order valence-electron chi connectivity index (χ2n) is 9.05. The lowest BCUT2D eigenvalue weighted by Gasteiger charge is -2.42. The highest BCUT2D eigenvalue weighted by molar-refractivity contribution is 6.02. The van der Waals surface area contributed by atoms with Crippen molar-refractivity contribution in [3.63, 3.8) is 0 Å². The highest BCUT2D eigenvalue weighted by Gasteiger charge is 2.37. The number of fused-ring (bicyclic) bond motifs is 1. The number of nitrogens with one attached hydrogen (secondary N) is 1. The third-order valence-corrected chi connectivity index (χ3v) is 5.88. The number of rotatable bonds is 3. The van der Waals surface area contributed by atoms with Gasteiger partial charge in [0.25, 0.3) is 0 Å². The maximum atomic E-state index is 12.4. The summed E-state index contributed by atoms with van der Waals surface area (Å²) in [5, 5.41) is 21.9. The summed E-state index contributed by atoms with van der Waals surface area (Å²) >= 11 is 0. The highest BCUT2D eigenvalue weighted by Crippen LogP contribution is 2.47. The molecule has 4 heteroatoms. The van der Waals surface area contributed by atoms with Crippen LogP contribution in [0.2, 0.25) is 0 Å². The van der Waals surface area contributed by atoms with Crippen LogP contribution in [0.3, 0.4) is 0 Å². The van der Waals surface area contributed by atoms with Gasteiger partial charge in [0.1, 0.15) is 0 Å². The Bertz CT molecular complexity index is 955. The molecule has 0 fully saturated rings. The highest BCUT2D eigenvalue weighted by atomic mass is 16.3. The van der Waals surface area contributed by atoms with Crippen LogP contribution >= 0.6 is 0 Å². The van der Waals surface area contributed by atoms with Crippen molar-refractivity contribution < 1.29 is 15.0 Å². The first-order chi connectivity index (χ1) is 13.0. The Hall–Kier alpha value is -2.75. The molecule has 0 bridgehead atoms. The summed E-state index contributed by atoms with van der Waals surface area (Å²) in [6.45, 7) is 11.1. The first kappa shape index (κ1) is 20.0. The Morgan fingerprint density at radius 2 is 1.57 bits per heavy atom. The molecular weight excluding hydrogens is 350 g/mol. The van der Waals surface area contributed by atoms with Crippen molar-refractivity contribution in [3.8, 4) is 11.5 Å². The number of carbonyl (C=O) groups excluding carboxylic acids is 1. The van der Waals surface area contributed by atoms with Crippen LogP contribution < -0.4 is 5.32 Å². The molecule has 2 aromatic carbocycles. The maximum Gasteiger partial charge on any atom is 0.248 e. The molecule has 0 aliphatic heterocycles. The number of carbonyl (C=O) groups is 1. The van der Waals surface area contributed by atoms with Crippen molar-refractivity contribution >= 4 is 17.7 Å². The van der Waals surface area contributed by atoms with E-state index in [0.29, 0.717) is 5.56 Å². The van der Waals surface area contributed by atoms with E-state index >= 15 is 0 Å². The lowest BCUT2D eigenvalue weighted by atomic mass is 9.63. The van der Waals surface area contributed by atoms with Gasteiger partial charge in [-0.05, 0) is 77.1 Å². The second-order valence-corrected chi connectivity index (χ2v) is 9.05. The quantitative estimate of drug-likeness (QED) is 0.493. The van der Waals surface area contributed by atoms with Crippen molar-refractivity contribution in [2.45, 2.75) is 58.3 Å². The van der Waals surface area contributed by atoms with Gasteiger partial charge in [0, 0.05) is 11.8 Å². The fourth-order valence-corrected chi connectivity index (χ4v) is 3.85. The van der Waals surface area contributed by atoms with E-state index in [1.165, 1.54) is 29.3 Å². The number of aryl methyl sites for hydroxylation is 1. The van der Waals surface area contributed by atoms with Crippen LogP contribution in [0, 0.1) is 6.92 Å². The lowest BCUT2D eigenvalue weighted by Crippen LogP contribution is -2.34. The Kier molecular flexibility index (Phi) is 5.00. The zero-order valence-electron chi connectivity index (χ0n) is 17.3.